The lowest BCUT2D eigenvalue weighted by molar-refractivity contribution is 1.17. The van der Waals surface area contributed by atoms with Crippen molar-refractivity contribution in [3.8, 4) is 0 Å². The van der Waals surface area contributed by atoms with Crippen LogP contribution in [0.1, 0.15) is 5.56 Å². The number of benzene rings is 1. The molecule has 0 aliphatic carbocycles. The lowest BCUT2D eigenvalue weighted by atomic mass is 10.2. The molecule has 0 bridgehead atoms. The fraction of sp³-hybridized carbons (Fsp3) is 0. The largest absolute Gasteiger partial charge is 0.389 e. The molecular formula is C11H10N4S. The number of aromatic nitrogens is 2. The Bertz CT molecular complexity index is 481. The summed E-state index contributed by atoms with van der Waals surface area (Å²) in [7, 11) is 0. The van der Waals surface area contributed by atoms with Crippen molar-refractivity contribution in [2.24, 2.45) is 5.73 Å². The van der Waals surface area contributed by atoms with E-state index < -0.39 is 0 Å². The van der Waals surface area contributed by atoms with Crippen LogP contribution >= 0.6 is 12.2 Å². The molecule has 0 radical (unpaired) electrons. The minimum atomic E-state index is 0.398. The highest BCUT2D eigenvalue weighted by atomic mass is 32.1. The van der Waals surface area contributed by atoms with E-state index >= 15 is 0 Å². The normalized spacial score (nSPS) is 9.75. The average Bonchev–Trinajstić information content (AvgIpc) is 2.31. The molecule has 1 aromatic heterocycles. The van der Waals surface area contributed by atoms with Crippen molar-refractivity contribution < 1.29 is 0 Å². The Morgan fingerprint density at radius 3 is 2.25 bits per heavy atom. The average molecular weight is 230 g/mol. The molecule has 0 aliphatic heterocycles. The van der Waals surface area contributed by atoms with Crippen molar-refractivity contribution in [2.45, 2.75) is 0 Å². The maximum absolute atomic E-state index is 5.51. The van der Waals surface area contributed by atoms with Crippen LogP contribution in [0.2, 0.25) is 0 Å². The number of thiocarbonyl (C=S) groups is 1. The number of nitrogens with one attached hydrogen (secondary N) is 1. The summed E-state index contributed by atoms with van der Waals surface area (Å²) < 4.78 is 0. The third kappa shape index (κ3) is 2.52. The Morgan fingerprint density at radius 2 is 1.69 bits per heavy atom. The zero-order valence-electron chi connectivity index (χ0n) is 8.42. The number of rotatable bonds is 3. The number of hydrogen-bond acceptors (Lipinski definition) is 4. The predicted molar refractivity (Wildman–Crippen MR) is 67.6 cm³/mol. The van der Waals surface area contributed by atoms with Crippen LogP contribution in [0.5, 0.6) is 0 Å². The molecule has 0 atom stereocenters. The second-order valence-electron chi connectivity index (χ2n) is 3.19. The first-order chi connectivity index (χ1) is 7.75. The molecule has 3 N–H and O–H groups in total. The Balaban J connectivity index is 2.14. The van der Waals surface area contributed by atoms with Gasteiger partial charge in [-0.2, -0.15) is 0 Å². The first-order valence-corrected chi connectivity index (χ1v) is 5.08. The summed E-state index contributed by atoms with van der Waals surface area (Å²) >= 11 is 4.87. The molecule has 0 saturated carbocycles. The molecule has 2 rings (SSSR count). The van der Waals surface area contributed by atoms with Gasteiger partial charge in [0.2, 0.25) is 0 Å². The Kier molecular flexibility index (Phi) is 3.07. The van der Waals surface area contributed by atoms with E-state index in [2.05, 4.69) is 15.3 Å². The molecule has 5 heteroatoms. The van der Waals surface area contributed by atoms with Crippen molar-refractivity contribution in [3.05, 3.63) is 48.5 Å². The summed E-state index contributed by atoms with van der Waals surface area (Å²) in [5, 5.41) is 3.16. The number of hydrogen-bond donors (Lipinski definition) is 2. The monoisotopic (exact) mass is 230 g/mol. The van der Waals surface area contributed by atoms with Crippen molar-refractivity contribution in [1.29, 1.82) is 0 Å². The third-order valence-corrected chi connectivity index (χ3v) is 2.25. The topological polar surface area (TPSA) is 63.8 Å². The van der Waals surface area contributed by atoms with Gasteiger partial charge in [-0.25, -0.2) is 9.97 Å². The van der Waals surface area contributed by atoms with Gasteiger partial charge in [-0.1, -0.05) is 12.2 Å². The van der Waals surface area contributed by atoms with E-state index in [-0.39, 0.29) is 0 Å². The van der Waals surface area contributed by atoms with Gasteiger partial charge in [-0.05, 0) is 24.3 Å². The van der Waals surface area contributed by atoms with E-state index in [0.29, 0.717) is 4.99 Å². The minimum absolute atomic E-state index is 0.398. The van der Waals surface area contributed by atoms with Gasteiger partial charge in [-0.15, -0.1) is 0 Å². The minimum Gasteiger partial charge on any atom is -0.389 e. The lowest BCUT2D eigenvalue weighted by Gasteiger charge is -2.05. The molecule has 0 amide bonds. The summed E-state index contributed by atoms with van der Waals surface area (Å²) in [4.78, 5) is 8.22. The quantitative estimate of drug-likeness (QED) is 0.788. The van der Waals surface area contributed by atoms with Crippen LogP contribution in [0.15, 0.2) is 43.0 Å². The zero-order valence-corrected chi connectivity index (χ0v) is 9.24. The SMILES string of the molecule is NC(=S)c1ccc(Nc2cncnc2)cc1. The molecule has 2 aromatic rings. The standard InChI is InChI=1S/C11H10N4S/c12-11(16)8-1-3-9(4-2-8)15-10-5-13-7-14-6-10/h1-7,15H,(H2,12,16). The van der Waals surface area contributed by atoms with Crippen molar-refractivity contribution in [3.63, 3.8) is 0 Å². The number of anilines is 2. The maximum atomic E-state index is 5.51. The van der Waals surface area contributed by atoms with Gasteiger partial charge in [0.25, 0.3) is 0 Å². The van der Waals surface area contributed by atoms with E-state index in [9.17, 15) is 0 Å². The van der Waals surface area contributed by atoms with Crippen LogP contribution in [0.25, 0.3) is 0 Å². The maximum Gasteiger partial charge on any atom is 0.115 e. The van der Waals surface area contributed by atoms with Crippen molar-refractivity contribution in [1.82, 2.24) is 9.97 Å². The summed E-state index contributed by atoms with van der Waals surface area (Å²) in [5.41, 5.74) is 8.14. The smallest absolute Gasteiger partial charge is 0.115 e. The lowest BCUT2D eigenvalue weighted by Crippen LogP contribution is -2.08. The first-order valence-electron chi connectivity index (χ1n) is 4.67. The Labute approximate surface area is 98.5 Å². The third-order valence-electron chi connectivity index (χ3n) is 2.02. The van der Waals surface area contributed by atoms with Crippen LogP contribution in [0, 0.1) is 0 Å². The van der Waals surface area contributed by atoms with Crippen molar-refractivity contribution in [2.75, 3.05) is 5.32 Å². The van der Waals surface area contributed by atoms with E-state index in [0.717, 1.165) is 16.9 Å². The van der Waals surface area contributed by atoms with Crippen LogP contribution in [-0.2, 0) is 0 Å². The second kappa shape index (κ2) is 4.67. The van der Waals surface area contributed by atoms with E-state index in [1.165, 1.54) is 6.33 Å². The van der Waals surface area contributed by atoms with Gasteiger partial charge in [0.1, 0.15) is 11.3 Å². The Morgan fingerprint density at radius 1 is 1.06 bits per heavy atom. The van der Waals surface area contributed by atoms with Gasteiger partial charge < -0.3 is 11.1 Å². The second-order valence-corrected chi connectivity index (χ2v) is 3.63. The summed E-state index contributed by atoms with van der Waals surface area (Å²) in [6.07, 6.45) is 4.89. The Hall–Kier alpha value is -2.01. The van der Waals surface area contributed by atoms with Crippen LogP contribution in [0.3, 0.4) is 0 Å². The predicted octanol–water partition coefficient (Wildman–Crippen LogP) is 1.85. The van der Waals surface area contributed by atoms with Crippen molar-refractivity contribution >= 4 is 28.6 Å². The summed E-state index contributed by atoms with van der Waals surface area (Å²) in [6.45, 7) is 0. The fourth-order valence-corrected chi connectivity index (χ4v) is 1.38. The van der Waals surface area contributed by atoms with E-state index in [1.54, 1.807) is 12.4 Å². The number of nitrogens with zero attached hydrogens (tertiary/aromatic N) is 2. The molecule has 0 saturated heterocycles. The molecule has 0 spiro atoms. The molecule has 0 fully saturated rings. The molecule has 0 aliphatic rings. The summed E-state index contributed by atoms with van der Waals surface area (Å²) in [5.74, 6) is 0. The molecular weight excluding hydrogens is 220 g/mol. The van der Waals surface area contributed by atoms with Crippen LogP contribution < -0.4 is 11.1 Å². The van der Waals surface area contributed by atoms with Gasteiger partial charge in [0.05, 0.1) is 18.1 Å². The van der Waals surface area contributed by atoms with Crippen LogP contribution in [-0.4, -0.2) is 15.0 Å². The molecule has 0 unspecified atom stereocenters. The molecule has 1 aromatic carbocycles. The number of nitrogens with two attached hydrogens (primary N) is 1. The highest BCUT2D eigenvalue weighted by Crippen LogP contribution is 2.15. The van der Waals surface area contributed by atoms with E-state index in [4.69, 9.17) is 18.0 Å². The summed E-state index contributed by atoms with van der Waals surface area (Å²) in [6, 6.07) is 7.55. The highest BCUT2D eigenvalue weighted by molar-refractivity contribution is 7.80. The molecule has 4 nitrogen and oxygen atoms in total. The zero-order chi connectivity index (χ0) is 11.4. The van der Waals surface area contributed by atoms with Gasteiger partial charge in [0, 0.05) is 11.3 Å². The van der Waals surface area contributed by atoms with Gasteiger partial charge in [0.15, 0.2) is 0 Å². The molecule has 80 valence electrons. The first kappa shape index (κ1) is 10.5. The highest BCUT2D eigenvalue weighted by Gasteiger charge is 1.97. The van der Waals surface area contributed by atoms with Crippen LogP contribution in [0.4, 0.5) is 11.4 Å². The van der Waals surface area contributed by atoms with Gasteiger partial charge in [-0.3, -0.25) is 0 Å². The van der Waals surface area contributed by atoms with Gasteiger partial charge >= 0.3 is 0 Å². The molecule has 16 heavy (non-hydrogen) atoms. The fourth-order valence-electron chi connectivity index (χ4n) is 1.25. The molecule has 1 heterocycles. The van der Waals surface area contributed by atoms with E-state index in [1.807, 2.05) is 24.3 Å².